The summed E-state index contributed by atoms with van der Waals surface area (Å²) in [5.74, 6) is 0.265. The molecule has 0 heterocycles. The van der Waals surface area contributed by atoms with Crippen molar-refractivity contribution in [3.05, 3.63) is 23.8 Å². The van der Waals surface area contributed by atoms with Crippen molar-refractivity contribution >= 4 is 23.2 Å². The van der Waals surface area contributed by atoms with Crippen LogP contribution in [0.3, 0.4) is 0 Å². The van der Waals surface area contributed by atoms with Gasteiger partial charge in [0.25, 0.3) is 0 Å². The lowest BCUT2D eigenvalue weighted by atomic mass is 9.85. The Morgan fingerprint density at radius 1 is 1.17 bits per heavy atom. The van der Waals surface area contributed by atoms with E-state index in [2.05, 4.69) is 15.5 Å². The summed E-state index contributed by atoms with van der Waals surface area (Å²) in [4.78, 5) is 26.1. The van der Waals surface area contributed by atoms with Gasteiger partial charge in [0.1, 0.15) is 0 Å². The maximum absolute atomic E-state index is 12.1. The first-order valence-corrected chi connectivity index (χ1v) is 8.47. The van der Waals surface area contributed by atoms with E-state index in [0.29, 0.717) is 6.54 Å². The summed E-state index contributed by atoms with van der Waals surface area (Å²) in [7, 11) is 0. The van der Waals surface area contributed by atoms with Gasteiger partial charge in [0.2, 0.25) is 11.8 Å². The molecule has 1 aliphatic rings. The predicted octanol–water partition coefficient (Wildman–Crippen LogP) is 3.01. The van der Waals surface area contributed by atoms with Crippen LogP contribution in [-0.4, -0.2) is 36.3 Å². The molecule has 126 valence electrons. The largest absolute Gasteiger partial charge is 0.326 e. The molecule has 5 nitrogen and oxygen atoms in total. The number of hydrogen-bond donors (Lipinski definition) is 2. The highest BCUT2D eigenvalue weighted by Crippen LogP contribution is 2.28. The average Bonchev–Trinajstić information content (AvgIpc) is 2.45. The average molecular weight is 317 g/mol. The van der Waals surface area contributed by atoms with Crippen LogP contribution in [0.15, 0.2) is 18.2 Å². The van der Waals surface area contributed by atoms with Crippen LogP contribution in [0.2, 0.25) is 0 Å². The monoisotopic (exact) mass is 317 g/mol. The van der Waals surface area contributed by atoms with Gasteiger partial charge in [0, 0.05) is 17.3 Å². The van der Waals surface area contributed by atoms with E-state index in [-0.39, 0.29) is 17.7 Å². The maximum Gasteiger partial charge on any atom is 0.238 e. The van der Waals surface area contributed by atoms with Gasteiger partial charge in [-0.1, -0.05) is 20.3 Å². The van der Waals surface area contributed by atoms with Crippen LogP contribution in [0, 0.1) is 12.8 Å². The summed E-state index contributed by atoms with van der Waals surface area (Å²) in [6.45, 7) is 8.13. The molecule has 1 aliphatic carbocycles. The van der Waals surface area contributed by atoms with E-state index in [9.17, 15) is 9.59 Å². The molecule has 0 spiro atoms. The summed E-state index contributed by atoms with van der Waals surface area (Å²) in [5, 5.41) is 5.90. The molecule has 2 N–H and O–H groups in total. The fourth-order valence-corrected chi connectivity index (χ4v) is 2.64. The van der Waals surface area contributed by atoms with E-state index in [1.807, 2.05) is 39.0 Å². The summed E-state index contributed by atoms with van der Waals surface area (Å²) >= 11 is 0. The molecule has 1 aromatic rings. The number of amides is 2. The van der Waals surface area contributed by atoms with Crippen LogP contribution in [-0.2, 0) is 9.59 Å². The lowest BCUT2D eigenvalue weighted by Crippen LogP contribution is -2.33. The smallest absolute Gasteiger partial charge is 0.238 e. The number of hydrogen-bond acceptors (Lipinski definition) is 3. The van der Waals surface area contributed by atoms with Gasteiger partial charge in [-0.25, -0.2) is 0 Å². The summed E-state index contributed by atoms with van der Waals surface area (Å²) < 4.78 is 0. The van der Waals surface area contributed by atoms with E-state index in [1.54, 1.807) is 0 Å². The van der Waals surface area contributed by atoms with Gasteiger partial charge in [-0.05, 0) is 56.6 Å². The lowest BCUT2D eigenvalue weighted by Gasteiger charge is -2.24. The second kappa shape index (κ2) is 8.11. The molecule has 1 fully saturated rings. The Hall–Kier alpha value is -1.88. The van der Waals surface area contributed by atoms with Crippen LogP contribution >= 0.6 is 0 Å². The Kier molecular flexibility index (Phi) is 6.16. The Balaban J connectivity index is 1.93. The number of likely N-dealkylation sites (N-methyl/N-ethyl adjacent to an activating group) is 1. The van der Waals surface area contributed by atoms with Crippen molar-refractivity contribution < 1.29 is 9.59 Å². The molecule has 1 aromatic carbocycles. The van der Waals surface area contributed by atoms with Crippen molar-refractivity contribution in [1.82, 2.24) is 4.90 Å². The highest BCUT2D eigenvalue weighted by Gasteiger charge is 2.25. The fourth-order valence-electron chi connectivity index (χ4n) is 2.64. The minimum Gasteiger partial charge on any atom is -0.326 e. The number of nitrogens with one attached hydrogen (secondary N) is 2. The van der Waals surface area contributed by atoms with Crippen LogP contribution < -0.4 is 10.6 Å². The molecule has 0 bridgehead atoms. The van der Waals surface area contributed by atoms with Gasteiger partial charge in [-0.3, -0.25) is 14.5 Å². The molecular formula is C18H27N3O2. The zero-order valence-corrected chi connectivity index (χ0v) is 14.3. The van der Waals surface area contributed by atoms with Crippen molar-refractivity contribution in [3.8, 4) is 0 Å². The molecule has 23 heavy (non-hydrogen) atoms. The summed E-state index contributed by atoms with van der Waals surface area (Å²) in [6, 6.07) is 5.60. The lowest BCUT2D eigenvalue weighted by molar-refractivity contribution is -0.122. The SMILES string of the molecule is CCN(CC)CC(=O)Nc1ccc(NC(=O)C2CCC2)cc1C. The Bertz CT molecular complexity index is 563. The molecule has 2 rings (SSSR count). The van der Waals surface area contributed by atoms with E-state index < -0.39 is 0 Å². The van der Waals surface area contributed by atoms with E-state index >= 15 is 0 Å². The molecule has 0 unspecified atom stereocenters. The number of anilines is 2. The second-order valence-electron chi connectivity index (χ2n) is 6.16. The third-order valence-corrected chi connectivity index (χ3v) is 4.51. The topological polar surface area (TPSA) is 61.4 Å². The number of carbonyl (C=O) groups excluding carboxylic acids is 2. The first-order chi connectivity index (χ1) is 11.0. The quantitative estimate of drug-likeness (QED) is 0.812. The summed E-state index contributed by atoms with van der Waals surface area (Å²) in [6.07, 6.45) is 3.13. The normalized spacial score (nSPS) is 14.4. The Labute approximate surface area is 138 Å². The molecule has 0 radical (unpaired) electrons. The third kappa shape index (κ3) is 4.79. The van der Waals surface area contributed by atoms with E-state index in [1.165, 1.54) is 0 Å². The van der Waals surface area contributed by atoms with Crippen LogP contribution in [0.5, 0.6) is 0 Å². The Morgan fingerprint density at radius 3 is 2.39 bits per heavy atom. The van der Waals surface area contributed by atoms with Crippen LogP contribution in [0.25, 0.3) is 0 Å². The fraction of sp³-hybridized carbons (Fsp3) is 0.556. The molecule has 0 atom stereocenters. The molecule has 1 saturated carbocycles. The number of rotatable bonds is 7. The first kappa shape index (κ1) is 17.5. The second-order valence-corrected chi connectivity index (χ2v) is 6.16. The standard InChI is InChI=1S/C18H27N3O2/c1-4-21(5-2)12-17(22)20-16-10-9-15(11-13(16)3)19-18(23)14-7-6-8-14/h9-11,14H,4-8,12H2,1-3H3,(H,19,23)(H,20,22). The first-order valence-electron chi connectivity index (χ1n) is 8.47. The number of nitrogens with zero attached hydrogens (tertiary/aromatic N) is 1. The van der Waals surface area contributed by atoms with Gasteiger partial charge in [-0.2, -0.15) is 0 Å². The van der Waals surface area contributed by atoms with Crippen LogP contribution in [0.4, 0.5) is 11.4 Å². The van der Waals surface area contributed by atoms with Crippen molar-refractivity contribution in [2.45, 2.75) is 40.0 Å². The molecule has 2 amide bonds. The van der Waals surface area contributed by atoms with E-state index in [0.717, 1.165) is 49.3 Å². The molecule has 0 aliphatic heterocycles. The molecule has 5 heteroatoms. The van der Waals surface area contributed by atoms with Gasteiger partial charge in [0.15, 0.2) is 0 Å². The Morgan fingerprint density at radius 2 is 1.87 bits per heavy atom. The maximum atomic E-state index is 12.1. The molecular weight excluding hydrogens is 290 g/mol. The van der Waals surface area contributed by atoms with Crippen LogP contribution in [0.1, 0.15) is 38.7 Å². The summed E-state index contributed by atoms with van der Waals surface area (Å²) in [5.41, 5.74) is 2.54. The third-order valence-electron chi connectivity index (χ3n) is 4.51. The number of carbonyl (C=O) groups is 2. The van der Waals surface area contributed by atoms with Gasteiger partial charge >= 0.3 is 0 Å². The van der Waals surface area contributed by atoms with Crippen molar-refractivity contribution in [1.29, 1.82) is 0 Å². The minimum atomic E-state index is -0.0111. The zero-order valence-electron chi connectivity index (χ0n) is 14.3. The highest BCUT2D eigenvalue weighted by atomic mass is 16.2. The van der Waals surface area contributed by atoms with Gasteiger partial charge in [0.05, 0.1) is 6.54 Å². The molecule has 0 saturated heterocycles. The van der Waals surface area contributed by atoms with Gasteiger partial charge < -0.3 is 10.6 Å². The van der Waals surface area contributed by atoms with E-state index in [4.69, 9.17) is 0 Å². The van der Waals surface area contributed by atoms with Crippen molar-refractivity contribution in [2.75, 3.05) is 30.3 Å². The minimum absolute atomic E-state index is 0.0111. The van der Waals surface area contributed by atoms with Gasteiger partial charge in [-0.15, -0.1) is 0 Å². The molecule has 0 aromatic heterocycles. The number of benzene rings is 1. The van der Waals surface area contributed by atoms with Crippen molar-refractivity contribution in [2.24, 2.45) is 5.92 Å². The number of aryl methyl sites for hydroxylation is 1. The zero-order chi connectivity index (χ0) is 16.8. The van der Waals surface area contributed by atoms with Crippen molar-refractivity contribution in [3.63, 3.8) is 0 Å². The predicted molar refractivity (Wildman–Crippen MR) is 93.6 cm³/mol. The highest BCUT2D eigenvalue weighted by molar-refractivity contribution is 5.95.